The van der Waals surface area contributed by atoms with Crippen LogP contribution in [0.2, 0.25) is 0 Å². The maximum Gasteiger partial charge on any atom is 0.222 e. The summed E-state index contributed by atoms with van der Waals surface area (Å²) in [6.45, 7) is 3.47. The lowest BCUT2D eigenvalue weighted by atomic mass is 10.3. The van der Waals surface area contributed by atoms with E-state index in [0.29, 0.717) is 6.04 Å². The zero-order chi connectivity index (χ0) is 9.42. The van der Waals surface area contributed by atoms with Crippen LogP contribution in [0.15, 0.2) is 6.20 Å². The summed E-state index contributed by atoms with van der Waals surface area (Å²) >= 11 is 0. The van der Waals surface area contributed by atoms with Crippen LogP contribution in [0.4, 0.5) is 5.82 Å². The van der Waals surface area contributed by atoms with Crippen LogP contribution >= 0.6 is 0 Å². The number of anilines is 1. The van der Waals surface area contributed by atoms with E-state index in [2.05, 4.69) is 10.4 Å². The summed E-state index contributed by atoms with van der Waals surface area (Å²) in [5, 5.41) is 7.04. The molecule has 13 heavy (non-hydrogen) atoms. The van der Waals surface area contributed by atoms with Gasteiger partial charge >= 0.3 is 0 Å². The van der Waals surface area contributed by atoms with E-state index in [-0.39, 0.29) is 5.91 Å². The minimum absolute atomic E-state index is 0.0366. The Hall–Kier alpha value is -1.32. The first-order valence-corrected chi connectivity index (χ1v) is 4.50. The highest BCUT2D eigenvalue weighted by Crippen LogP contribution is 2.37. The van der Waals surface area contributed by atoms with Crippen LogP contribution in [0.25, 0.3) is 0 Å². The topological polar surface area (TPSA) is 46.9 Å². The van der Waals surface area contributed by atoms with Gasteiger partial charge in [0, 0.05) is 12.5 Å². The van der Waals surface area contributed by atoms with Crippen molar-refractivity contribution >= 4 is 11.7 Å². The largest absolute Gasteiger partial charge is 0.311 e. The molecule has 1 aliphatic carbocycles. The summed E-state index contributed by atoms with van der Waals surface area (Å²) in [6, 6.07) is 0.510. The standard InChI is InChI=1S/C9H13N3O/c1-6-5-10-12(8-3-4-8)9(6)11-7(2)13/h5,8H,3-4H2,1-2H3,(H,11,13). The Balaban J connectivity index is 2.28. The van der Waals surface area contributed by atoms with Crippen LogP contribution < -0.4 is 5.32 Å². The molecule has 1 aliphatic rings. The van der Waals surface area contributed by atoms with Gasteiger partial charge in [0.1, 0.15) is 5.82 Å². The molecule has 2 rings (SSSR count). The Morgan fingerprint density at radius 3 is 2.92 bits per heavy atom. The molecule has 0 unspecified atom stereocenters. The van der Waals surface area contributed by atoms with Crippen LogP contribution in [0.5, 0.6) is 0 Å². The molecule has 1 saturated carbocycles. The van der Waals surface area contributed by atoms with Crippen molar-refractivity contribution in [3.63, 3.8) is 0 Å². The molecule has 70 valence electrons. The molecule has 0 spiro atoms. The summed E-state index contributed by atoms with van der Waals surface area (Å²) < 4.78 is 1.91. The van der Waals surface area contributed by atoms with Crippen molar-refractivity contribution in [3.8, 4) is 0 Å². The SMILES string of the molecule is CC(=O)Nc1c(C)cnn1C1CC1. The number of rotatable bonds is 2. The van der Waals surface area contributed by atoms with Crippen LogP contribution in [0.3, 0.4) is 0 Å². The normalized spacial score (nSPS) is 15.8. The molecule has 0 atom stereocenters. The van der Waals surface area contributed by atoms with Crippen molar-refractivity contribution in [2.45, 2.75) is 32.7 Å². The van der Waals surface area contributed by atoms with E-state index in [1.54, 1.807) is 6.20 Å². The number of hydrogen-bond donors (Lipinski definition) is 1. The third kappa shape index (κ3) is 1.56. The second-order valence-corrected chi connectivity index (χ2v) is 3.53. The number of aromatic nitrogens is 2. The first-order valence-electron chi connectivity index (χ1n) is 4.50. The van der Waals surface area contributed by atoms with Gasteiger partial charge in [0.2, 0.25) is 5.91 Å². The maximum absolute atomic E-state index is 10.9. The average molecular weight is 179 g/mol. The second kappa shape index (κ2) is 2.87. The Labute approximate surface area is 76.9 Å². The molecular weight excluding hydrogens is 166 g/mol. The van der Waals surface area contributed by atoms with Gasteiger partial charge in [-0.2, -0.15) is 5.10 Å². The highest BCUT2D eigenvalue weighted by atomic mass is 16.1. The van der Waals surface area contributed by atoms with Gasteiger partial charge in [0.25, 0.3) is 0 Å². The molecule has 1 heterocycles. The fraction of sp³-hybridized carbons (Fsp3) is 0.556. The minimum Gasteiger partial charge on any atom is -0.311 e. The number of nitrogens with one attached hydrogen (secondary N) is 1. The van der Waals surface area contributed by atoms with E-state index in [0.717, 1.165) is 11.4 Å². The van der Waals surface area contributed by atoms with Gasteiger partial charge in [-0.1, -0.05) is 0 Å². The molecule has 1 N–H and O–H groups in total. The molecular formula is C9H13N3O. The van der Waals surface area contributed by atoms with Crippen molar-refractivity contribution in [3.05, 3.63) is 11.8 Å². The summed E-state index contributed by atoms with van der Waals surface area (Å²) in [5.74, 6) is 0.820. The summed E-state index contributed by atoms with van der Waals surface area (Å²) in [4.78, 5) is 10.9. The smallest absolute Gasteiger partial charge is 0.222 e. The number of amides is 1. The Kier molecular flexibility index (Phi) is 1.83. The van der Waals surface area contributed by atoms with Crippen molar-refractivity contribution in [2.75, 3.05) is 5.32 Å². The molecule has 1 amide bonds. The van der Waals surface area contributed by atoms with Gasteiger partial charge in [0.05, 0.1) is 12.2 Å². The molecule has 0 aliphatic heterocycles. The van der Waals surface area contributed by atoms with Crippen LogP contribution in [0, 0.1) is 6.92 Å². The van der Waals surface area contributed by atoms with E-state index in [1.165, 1.54) is 19.8 Å². The molecule has 0 bridgehead atoms. The first kappa shape index (κ1) is 8.29. The molecule has 0 saturated heterocycles. The molecule has 1 aromatic heterocycles. The third-order valence-electron chi connectivity index (χ3n) is 2.17. The van der Waals surface area contributed by atoms with E-state index < -0.39 is 0 Å². The van der Waals surface area contributed by atoms with Crippen molar-refractivity contribution in [1.29, 1.82) is 0 Å². The molecule has 1 aromatic rings. The van der Waals surface area contributed by atoms with Gasteiger partial charge in [-0.3, -0.25) is 4.79 Å². The van der Waals surface area contributed by atoms with E-state index >= 15 is 0 Å². The van der Waals surface area contributed by atoms with E-state index in [9.17, 15) is 4.79 Å². The Morgan fingerprint density at radius 1 is 1.69 bits per heavy atom. The van der Waals surface area contributed by atoms with Crippen molar-refractivity contribution in [1.82, 2.24) is 9.78 Å². The number of hydrogen-bond acceptors (Lipinski definition) is 2. The molecule has 0 radical (unpaired) electrons. The lowest BCUT2D eigenvalue weighted by molar-refractivity contribution is -0.114. The van der Waals surface area contributed by atoms with Gasteiger partial charge in [-0.05, 0) is 19.8 Å². The fourth-order valence-electron chi connectivity index (χ4n) is 1.37. The quantitative estimate of drug-likeness (QED) is 0.747. The minimum atomic E-state index is -0.0366. The molecule has 0 aromatic carbocycles. The summed E-state index contributed by atoms with van der Waals surface area (Å²) in [5.41, 5.74) is 1.03. The average Bonchev–Trinajstić information content (AvgIpc) is 2.81. The van der Waals surface area contributed by atoms with Gasteiger partial charge < -0.3 is 5.32 Å². The van der Waals surface area contributed by atoms with E-state index in [4.69, 9.17) is 0 Å². The van der Waals surface area contributed by atoms with Gasteiger partial charge in [-0.25, -0.2) is 4.68 Å². The Bertz CT molecular complexity index is 339. The molecule has 4 heteroatoms. The number of aryl methyl sites for hydroxylation is 1. The van der Waals surface area contributed by atoms with Crippen LogP contribution in [0.1, 0.15) is 31.4 Å². The number of carbonyl (C=O) groups is 1. The predicted octanol–water partition coefficient (Wildman–Crippen LogP) is 1.48. The highest BCUT2D eigenvalue weighted by molar-refractivity contribution is 5.88. The summed E-state index contributed by atoms with van der Waals surface area (Å²) in [7, 11) is 0. The summed E-state index contributed by atoms with van der Waals surface area (Å²) in [6.07, 6.45) is 4.14. The van der Waals surface area contributed by atoms with Gasteiger partial charge in [0.15, 0.2) is 0 Å². The predicted molar refractivity (Wildman–Crippen MR) is 49.5 cm³/mol. The Morgan fingerprint density at radius 2 is 2.38 bits per heavy atom. The second-order valence-electron chi connectivity index (χ2n) is 3.53. The van der Waals surface area contributed by atoms with Crippen LogP contribution in [-0.4, -0.2) is 15.7 Å². The number of nitrogens with zero attached hydrogens (tertiary/aromatic N) is 2. The van der Waals surface area contributed by atoms with Gasteiger partial charge in [-0.15, -0.1) is 0 Å². The lowest BCUT2D eigenvalue weighted by Gasteiger charge is -2.06. The first-order chi connectivity index (χ1) is 6.18. The number of carbonyl (C=O) groups excluding carboxylic acids is 1. The van der Waals surface area contributed by atoms with E-state index in [1.807, 2.05) is 11.6 Å². The highest BCUT2D eigenvalue weighted by Gasteiger charge is 2.27. The third-order valence-corrected chi connectivity index (χ3v) is 2.17. The van der Waals surface area contributed by atoms with Crippen LogP contribution in [-0.2, 0) is 4.79 Å². The van der Waals surface area contributed by atoms with Crippen molar-refractivity contribution in [2.24, 2.45) is 0 Å². The molecule has 4 nitrogen and oxygen atoms in total. The maximum atomic E-state index is 10.9. The monoisotopic (exact) mass is 179 g/mol. The molecule has 1 fully saturated rings. The lowest BCUT2D eigenvalue weighted by Crippen LogP contribution is -2.12. The fourth-order valence-corrected chi connectivity index (χ4v) is 1.37. The zero-order valence-electron chi connectivity index (χ0n) is 7.87. The van der Waals surface area contributed by atoms with Crippen molar-refractivity contribution < 1.29 is 4.79 Å². The zero-order valence-corrected chi connectivity index (χ0v) is 7.87.